The highest BCUT2D eigenvalue weighted by Gasteiger charge is 2.39. The molecule has 0 aliphatic carbocycles. The maximum atomic E-state index is 12.4. The van der Waals surface area contributed by atoms with E-state index >= 15 is 0 Å². The van der Waals surface area contributed by atoms with E-state index in [1.807, 2.05) is 60.7 Å². The normalized spacial score (nSPS) is 11.0. The zero-order chi connectivity index (χ0) is 18.1. The van der Waals surface area contributed by atoms with Gasteiger partial charge in [0.25, 0.3) is 0 Å². The number of benzene rings is 2. The Morgan fingerprint density at radius 3 is 1.40 bits per heavy atom. The lowest BCUT2D eigenvalue weighted by molar-refractivity contribution is -0.147. The first kappa shape index (κ1) is 18.7. The molecule has 0 N–H and O–H groups in total. The van der Waals surface area contributed by atoms with E-state index in [0.29, 0.717) is 13.2 Å². The van der Waals surface area contributed by atoms with Crippen LogP contribution in [-0.4, -0.2) is 25.2 Å². The monoisotopic (exact) mass is 340 g/mol. The second kappa shape index (κ2) is 9.02. The third kappa shape index (κ3) is 4.69. The van der Waals surface area contributed by atoms with Crippen LogP contribution in [0.1, 0.15) is 37.8 Å². The molecule has 0 spiro atoms. The largest absolute Gasteiger partial charge is 0.466 e. The summed E-state index contributed by atoms with van der Waals surface area (Å²) in [5, 5.41) is 0. The Morgan fingerprint density at radius 1 is 0.720 bits per heavy atom. The molecule has 25 heavy (non-hydrogen) atoms. The molecule has 0 aliphatic rings. The van der Waals surface area contributed by atoms with E-state index in [0.717, 1.165) is 11.1 Å². The SMILES string of the molecule is CCOC(=O)CC(CC(=O)OCC)(c1ccccc1)c1ccccc1. The highest BCUT2D eigenvalue weighted by atomic mass is 16.5. The van der Waals surface area contributed by atoms with Crippen molar-refractivity contribution >= 4 is 11.9 Å². The van der Waals surface area contributed by atoms with Gasteiger partial charge in [-0.05, 0) is 25.0 Å². The maximum Gasteiger partial charge on any atom is 0.307 e. The molecule has 0 bridgehead atoms. The summed E-state index contributed by atoms with van der Waals surface area (Å²) in [6.45, 7) is 4.15. The Balaban J connectivity index is 2.55. The Hall–Kier alpha value is -2.62. The van der Waals surface area contributed by atoms with Crippen molar-refractivity contribution in [1.29, 1.82) is 0 Å². The number of carbonyl (C=O) groups excluding carboxylic acids is 2. The highest BCUT2D eigenvalue weighted by Crippen LogP contribution is 2.39. The third-order valence-corrected chi connectivity index (χ3v) is 4.16. The molecular weight excluding hydrogens is 316 g/mol. The number of hydrogen-bond donors (Lipinski definition) is 0. The van der Waals surface area contributed by atoms with Crippen LogP contribution in [0.2, 0.25) is 0 Å². The maximum absolute atomic E-state index is 12.4. The number of ether oxygens (including phenoxy) is 2. The van der Waals surface area contributed by atoms with Crippen molar-refractivity contribution in [2.75, 3.05) is 13.2 Å². The topological polar surface area (TPSA) is 52.6 Å². The predicted octanol–water partition coefficient (Wildman–Crippen LogP) is 3.88. The van der Waals surface area contributed by atoms with Gasteiger partial charge in [0.2, 0.25) is 0 Å². The van der Waals surface area contributed by atoms with Crippen LogP contribution < -0.4 is 0 Å². The van der Waals surface area contributed by atoms with Crippen molar-refractivity contribution in [1.82, 2.24) is 0 Å². The summed E-state index contributed by atoms with van der Waals surface area (Å²) in [6.07, 6.45) is 0.154. The highest BCUT2D eigenvalue weighted by molar-refractivity contribution is 5.78. The van der Waals surface area contributed by atoms with Gasteiger partial charge in [0.05, 0.1) is 26.1 Å². The summed E-state index contributed by atoms with van der Waals surface area (Å²) in [7, 11) is 0. The van der Waals surface area contributed by atoms with Crippen LogP contribution in [0.25, 0.3) is 0 Å². The molecule has 2 aromatic carbocycles. The van der Waals surface area contributed by atoms with E-state index in [4.69, 9.17) is 9.47 Å². The van der Waals surface area contributed by atoms with Gasteiger partial charge in [-0.25, -0.2) is 0 Å². The average molecular weight is 340 g/mol. The van der Waals surface area contributed by atoms with E-state index in [1.165, 1.54) is 0 Å². The molecule has 0 heterocycles. The van der Waals surface area contributed by atoms with Gasteiger partial charge in [-0.1, -0.05) is 60.7 Å². The van der Waals surface area contributed by atoms with Crippen molar-refractivity contribution in [3.8, 4) is 0 Å². The van der Waals surface area contributed by atoms with Gasteiger partial charge in [-0.15, -0.1) is 0 Å². The molecule has 4 nitrogen and oxygen atoms in total. The third-order valence-electron chi connectivity index (χ3n) is 4.16. The summed E-state index contributed by atoms with van der Waals surface area (Å²) in [6, 6.07) is 19.2. The van der Waals surface area contributed by atoms with E-state index < -0.39 is 5.41 Å². The zero-order valence-corrected chi connectivity index (χ0v) is 14.7. The van der Waals surface area contributed by atoms with Crippen LogP contribution in [0.15, 0.2) is 60.7 Å². The van der Waals surface area contributed by atoms with E-state index in [1.54, 1.807) is 13.8 Å². The minimum absolute atomic E-state index is 0.0771. The lowest BCUT2D eigenvalue weighted by atomic mass is 9.69. The number of hydrogen-bond acceptors (Lipinski definition) is 4. The smallest absolute Gasteiger partial charge is 0.307 e. The van der Waals surface area contributed by atoms with Crippen LogP contribution in [-0.2, 0) is 24.5 Å². The fourth-order valence-corrected chi connectivity index (χ4v) is 3.07. The van der Waals surface area contributed by atoms with Gasteiger partial charge in [0.15, 0.2) is 0 Å². The van der Waals surface area contributed by atoms with E-state index in [2.05, 4.69) is 0 Å². The predicted molar refractivity (Wildman–Crippen MR) is 96.2 cm³/mol. The molecule has 132 valence electrons. The summed E-state index contributed by atoms with van der Waals surface area (Å²) in [4.78, 5) is 24.7. The Kier molecular flexibility index (Phi) is 6.75. The van der Waals surface area contributed by atoms with Gasteiger partial charge in [0, 0.05) is 5.41 Å². The molecule has 0 saturated heterocycles. The molecule has 0 amide bonds. The summed E-state index contributed by atoms with van der Waals surface area (Å²) in [5.74, 6) is -0.668. The quantitative estimate of drug-likeness (QED) is 0.684. The Labute approximate surface area is 148 Å². The molecule has 0 aliphatic heterocycles. The van der Waals surface area contributed by atoms with Gasteiger partial charge in [-0.3, -0.25) is 9.59 Å². The van der Waals surface area contributed by atoms with Gasteiger partial charge < -0.3 is 9.47 Å². The molecule has 0 radical (unpaired) electrons. The molecule has 2 rings (SSSR count). The summed E-state index contributed by atoms with van der Waals surface area (Å²) in [5.41, 5.74) is 0.964. The molecule has 0 fully saturated rings. The standard InChI is InChI=1S/C21H24O4/c1-3-24-19(22)15-21(16-20(23)25-4-2,17-11-7-5-8-12-17)18-13-9-6-10-14-18/h5-14H,3-4,15-16H2,1-2H3. The number of rotatable bonds is 8. The Bertz CT molecular complexity index is 618. The fraction of sp³-hybridized carbons (Fsp3) is 0.333. The van der Waals surface area contributed by atoms with E-state index in [9.17, 15) is 9.59 Å². The molecule has 0 aromatic heterocycles. The lowest BCUT2D eigenvalue weighted by Crippen LogP contribution is -2.35. The summed E-state index contributed by atoms with van der Waals surface area (Å²) >= 11 is 0. The lowest BCUT2D eigenvalue weighted by Gasteiger charge is -2.33. The van der Waals surface area contributed by atoms with E-state index in [-0.39, 0.29) is 24.8 Å². The second-order valence-electron chi connectivity index (χ2n) is 5.78. The molecule has 2 aromatic rings. The number of esters is 2. The van der Waals surface area contributed by atoms with Crippen molar-refractivity contribution < 1.29 is 19.1 Å². The van der Waals surface area contributed by atoms with Gasteiger partial charge in [0.1, 0.15) is 0 Å². The summed E-state index contributed by atoms with van der Waals surface area (Å²) < 4.78 is 10.4. The first-order valence-corrected chi connectivity index (χ1v) is 8.54. The molecule has 4 heteroatoms. The van der Waals surface area contributed by atoms with Gasteiger partial charge >= 0.3 is 11.9 Å². The van der Waals surface area contributed by atoms with Crippen molar-refractivity contribution in [3.05, 3.63) is 71.8 Å². The van der Waals surface area contributed by atoms with Crippen molar-refractivity contribution in [3.63, 3.8) is 0 Å². The fourth-order valence-electron chi connectivity index (χ4n) is 3.07. The number of carbonyl (C=O) groups is 2. The van der Waals surface area contributed by atoms with Crippen LogP contribution >= 0.6 is 0 Å². The Morgan fingerprint density at radius 2 is 1.08 bits per heavy atom. The zero-order valence-electron chi connectivity index (χ0n) is 14.7. The van der Waals surface area contributed by atoms with Crippen LogP contribution in [0.3, 0.4) is 0 Å². The first-order valence-electron chi connectivity index (χ1n) is 8.54. The minimum atomic E-state index is -0.818. The first-order chi connectivity index (χ1) is 12.1. The van der Waals surface area contributed by atoms with Crippen molar-refractivity contribution in [2.45, 2.75) is 32.1 Å². The van der Waals surface area contributed by atoms with Gasteiger partial charge in [-0.2, -0.15) is 0 Å². The molecular formula is C21H24O4. The van der Waals surface area contributed by atoms with Crippen LogP contribution in [0.5, 0.6) is 0 Å². The van der Waals surface area contributed by atoms with Crippen molar-refractivity contribution in [2.24, 2.45) is 0 Å². The second-order valence-corrected chi connectivity index (χ2v) is 5.78. The van der Waals surface area contributed by atoms with Crippen LogP contribution in [0.4, 0.5) is 0 Å². The average Bonchev–Trinajstić information content (AvgIpc) is 2.63. The molecule has 0 saturated carbocycles. The molecule has 0 atom stereocenters. The molecule has 0 unspecified atom stereocenters. The van der Waals surface area contributed by atoms with Crippen LogP contribution in [0, 0.1) is 0 Å². The minimum Gasteiger partial charge on any atom is -0.466 e.